The molecule has 6 nitrogen and oxygen atoms in total. The normalized spacial score (nSPS) is 11.5. The number of anilines is 1. The first-order chi connectivity index (χ1) is 10.9. The van der Waals surface area contributed by atoms with Crippen LogP contribution in [-0.2, 0) is 0 Å². The molecule has 2 aromatic heterocycles. The first kappa shape index (κ1) is 12.5. The van der Waals surface area contributed by atoms with Gasteiger partial charge >= 0.3 is 0 Å². The second-order valence-corrected chi connectivity index (χ2v) is 4.77. The van der Waals surface area contributed by atoms with E-state index in [1.807, 2.05) is 54.6 Å². The highest BCUT2D eigenvalue weighted by atomic mass is 15.4. The van der Waals surface area contributed by atoms with Crippen molar-refractivity contribution in [3.8, 4) is 0 Å². The van der Waals surface area contributed by atoms with Gasteiger partial charge in [0.15, 0.2) is 11.5 Å². The summed E-state index contributed by atoms with van der Waals surface area (Å²) in [6, 6.07) is 17.8. The van der Waals surface area contributed by atoms with Crippen molar-refractivity contribution in [2.75, 3.05) is 5.43 Å². The van der Waals surface area contributed by atoms with Gasteiger partial charge in [-0.05, 0) is 5.56 Å². The van der Waals surface area contributed by atoms with Crippen molar-refractivity contribution in [3.05, 3.63) is 66.5 Å². The Hall–Kier alpha value is -3.28. The van der Waals surface area contributed by atoms with E-state index in [4.69, 9.17) is 0 Å². The lowest BCUT2D eigenvalue weighted by Gasteiger charge is -2.05. The molecule has 106 valence electrons. The number of benzene rings is 2. The highest BCUT2D eigenvalue weighted by Gasteiger charge is 2.08. The molecule has 0 aliphatic heterocycles. The maximum absolute atomic E-state index is 4.46. The van der Waals surface area contributed by atoms with E-state index in [2.05, 4.69) is 25.8 Å². The minimum atomic E-state index is 0.662. The predicted octanol–water partition coefficient (Wildman–Crippen LogP) is 2.72. The first-order valence-electron chi connectivity index (χ1n) is 6.85. The van der Waals surface area contributed by atoms with E-state index >= 15 is 0 Å². The lowest BCUT2D eigenvalue weighted by molar-refractivity contribution is 0.934. The zero-order valence-corrected chi connectivity index (χ0v) is 11.6. The van der Waals surface area contributed by atoms with Crippen LogP contribution < -0.4 is 5.43 Å². The van der Waals surface area contributed by atoms with Gasteiger partial charge in [0.25, 0.3) is 0 Å². The van der Waals surface area contributed by atoms with Gasteiger partial charge in [0.2, 0.25) is 0 Å². The largest absolute Gasteiger partial charge is 0.259 e. The van der Waals surface area contributed by atoms with Crippen molar-refractivity contribution >= 4 is 28.5 Å². The summed E-state index contributed by atoms with van der Waals surface area (Å²) in [5.74, 6) is 0.662. The molecule has 0 saturated carbocycles. The van der Waals surface area contributed by atoms with Crippen molar-refractivity contribution in [3.63, 3.8) is 0 Å². The van der Waals surface area contributed by atoms with Crippen LogP contribution in [0.15, 0.2) is 66.0 Å². The van der Waals surface area contributed by atoms with Crippen molar-refractivity contribution in [1.82, 2.24) is 19.8 Å². The number of hydrogen-bond donors (Lipinski definition) is 1. The van der Waals surface area contributed by atoms with E-state index in [0.29, 0.717) is 5.82 Å². The fourth-order valence-electron chi connectivity index (χ4n) is 2.32. The lowest BCUT2D eigenvalue weighted by Crippen LogP contribution is -2.00. The topological polar surface area (TPSA) is 67.5 Å². The quantitative estimate of drug-likeness (QED) is 0.465. The minimum Gasteiger partial charge on any atom is -0.259 e. The Morgan fingerprint density at radius 2 is 1.73 bits per heavy atom. The number of rotatable bonds is 3. The van der Waals surface area contributed by atoms with Gasteiger partial charge in [0.1, 0.15) is 6.33 Å². The second-order valence-electron chi connectivity index (χ2n) is 4.77. The molecule has 0 atom stereocenters. The predicted molar refractivity (Wildman–Crippen MR) is 85.9 cm³/mol. The van der Waals surface area contributed by atoms with E-state index in [1.54, 1.807) is 17.1 Å². The number of fused-ring (bicyclic) bond motifs is 3. The Morgan fingerprint density at radius 3 is 2.59 bits per heavy atom. The van der Waals surface area contributed by atoms with E-state index in [9.17, 15) is 0 Å². The highest BCUT2D eigenvalue weighted by Crippen LogP contribution is 2.23. The fourth-order valence-corrected chi connectivity index (χ4v) is 2.32. The number of hydrazone groups is 1. The summed E-state index contributed by atoms with van der Waals surface area (Å²) in [6.45, 7) is 0. The van der Waals surface area contributed by atoms with Crippen LogP contribution in [0.5, 0.6) is 0 Å². The molecular weight excluding hydrogens is 276 g/mol. The molecular formula is C16H12N6. The average Bonchev–Trinajstić information content (AvgIpc) is 3.04. The average molecular weight is 288 g/mol. The molecule has 0 fully saturated rings. The molecule has 4 aromatic rings. The molecule has 0 unspecified atom stereocenters. The molecule has 0 radical (unpaired) electrons. The Morgan fingerprint density at radius 1 is 0.955 bits per heavy atom. The van der Waals surface area contributed by atoms with Crippen molar-refractivity contribution in [2.24, 2.45) is 5.10 Å². The van der Waals surface area contributed by atoms with Crippen LogP contribution in [0.25, 0.3) is 16.4 Å². The molecule has 0 bridgehead atoms. The number of nitrogens with zero attached hydrogens (tertiary/aromatic N) is 5. The Bertz CT molecular complexity index is 958. The van der Waals surface area contributed by atoms with E-state index < -0.39 is 0 Å². The molecule has 0 aliphatic rings. The van der Waals surface area contributed by atoms with Gasteiger partial charge in [-0.2, -0.15) is 9.62 Å². The van der Waals surface area contributed by atoms with Gasteiger partial charge in [0, 0.05) is 10.8 Å². The molecule has 2 aromatic carbocycles. The van der Waals surface area contributed by atoms with Gasteiger partial charge in [-0.1, -0.05) is 54.6 Å². The molecule has 0 aliphatic carbocycles. The van der Waals surface area contributed by atoms with Crippen LogP contribution in [0.1, 0.15) is 5.56 Å². The van der Waals surface area contributed by atoms with E-state index in [0.717, 1.165) is 22.0 Å². The molecule has 0 saturated heterocycles. The van der Waals surface area contributed by atoms with E-state index in [-0.39, 0.29) is 0 Å². The number of hydrogen-bond acceptors (Lipinski definition) is 5. The smallest absolute Gasteiger partial charge is 0.185 e. The zero-order chi connectivity index (χ0) is 14.8. The first-order valence-corrected chi connectivity index (χ1v) is 6.85. The number of nitrogens with one attached hydrogen (secondary N) is 1. The number of aromatic nitrogens is 4. The summed E-state index contributed by atoms with van der Waals surface area (Å²) in [5.41, 5.74) is 4.75. The van der Waals surface area contributed by atoms with Gasteiger partial charge in [-0.25, -0.2) is 0 Å². The van der Waals surface area contributed by atoms with Crippen LogP contribution in [0.2, 0.25) is 0 Å². The van der Waals surface area contributed by atoms with Crippen LogP contribution >= 0.6 is 0 Å². The standard InChI is InChI=1S/C16H12N6/c1-2-6-12(7-3-1)10-17-19-15-13-8-4-5-9-14(13)16-20-18-11-22(16)21-15/h1-11H,(H,19,21)/b17-10+. The maximum Gasteiger partial charge on any atom is 0.185 e. The lowest BCUT2D eigenvalue weighted by atomic mass is 10.2. The summed E-state index contributed by atoms with van der Waals surface area (Å²) < 4.78 is 1.64. The van der Waals surface area contributed by atoms with Gasteiger partial charge in [-0.3, -0.25) is 5.43 Å². The Balaban J connectivity index is 1.75. The van der Waals surface area contributed by atoms with E-state index in [1.165, 1.54) is 0 Å². The van der Waals surface area contributed by atoms with Crippen molar-refractivity contribution in [2.45, 2.75) is 0 Å². The summed E-state index contributed by atoms with van der Waals surface area (Å²) in [5, 5.41) is 18.7. The summed E-state index contributed by atoms with van der Waals surface area (Å²) in [4.78, 5) is 0. The van der Waals surface area contributed by atoms with Crippen molar-refractivity contribution in [1.29, 1.82) is 0 Å². The minimum absolute atomic E-state index is 0.662. The molecule has 22 heavy (non-hydrogen) atoms. The SMILES string of the molecule is C(=N\Nc1nn2cnnc2c2ccccc12)/c1ccccc1. The molecule has 0 amide bonds. The molecule has 2 heterocycles. The molecule has 0 spiro atoms. The van der Waals surface area contributed by atoms with Crippen LogP contribution in [0, 0.1) is 0 Å². The van der Waals surface area contributed by atoms with Gasteiger partial charge in [0.05, 0.1) is 6.21 Å². The fraction of sp³-hybridized carbons (Fsp3) is 0. The Labute approximate surface area is 126 Å². The molecule has 6 heteroatoms. The zero-order valence-electron chi connectivity index (χ0n) is 11.6. The summed E-state index contributed by atoms with van der Waals surface area (Å²) in [6.07, 6.45) is 3.33. The van der Waals surface area contributed by atoms with Crippen molar-refractivity contribution < 1.29 is 0 Å². The van der Waals surface area contributed by atoms with Crippen LogP contribution in [0.3, 0.4) is 0 Å². The Kier molecular flexibility index (Phi) is 2.97. The second kappa shape index (κ2) is 5.25. The van der Waals surface area contributed by atoms with Crippen LogP contribution in [-0.4, -0.2) is 26.0 Å². The third-order valence-corrected chi connectivity index (χ3v) is 3.34. The van der Waals surface area contributed by atoms with Gasteiger partial charge in [-0.15, -0.1) is 15.3 Å². The maximum atomic E-state index is 4.46. The third kappa shape index (κ3) is 2.16. The van der Waals surface area contributed by atoms with Gasteiger partial charge < -0.3 is 0 Å². The van der Waals surface area contributed by atoms with Crippen LogP contribution in [0.4, 0.5) is 5.82 Å². The molecule has 4 rings (SSSR count). The summed E-state index contributed by atoms with van der Waals surface area (Å²) >= 11 is 0. The third-order valence-electron chi connectivity index (χ3n) is 3.34. The summed E-state index contributed by atoms with van der Waals surface area (Å²) in [7, 11) is 0. The monoisotopic (exact) mass is 288 g/mol. The highest BCUT2D eigenvalue weighted by molar-refractivity contribution is 5.99. The molecule has 1 N–H and O–H groups in total.